The molecule has 30 heavy (non-hydrogen) atoms. The van der Waals surface area contributed by atoms with Crippen molar-refractivity contribution in [2.45, 2.75) is 70.8 Å². The van der Waals surface area contributed by atoms with E-state index in [0.29, 0.717) is 18.5 Å². The third kappa shape index (κ3) is 5.71. The number of carboxylic acids is 1. The third-order valence-corrected chi connectivity index (χ3v) is 6.04. The van der Waals surface area contributed by atoms with Gasteiger partial charge >= 0.3 is 5.97 Å². The fourth-order valence-electron chi connectivity index (χ4n) is 4.21. The molecule has 1 N–H and O–H groups in total. The molecule has 1 saturated heterocycles. The maximum atomic E-state index is 12.7. The van der Waals surface area contributed by atoms with E-state index >= 15 is 0 Å². The molecule has 3 rings (SSSR count). The van der Waals surface area contributed by atoms with E-state index < -0.39 is 12.0 Å². The number of nitrogens with zero attached hydrogens (tertiary/aromatic N) is 1. The molecule has 0 aromatic heterocycles. The summed E-state index contributed by atoms with van der Waals surface area (Å²) in [6, 6.07) is 15.5. The molecule has 1 aliphatic heterocycles. The zero-order valence-electron chi connectivity index (χ0n) is 18.0. The minimum absolute atomic E-state index is 0.194. The molecule has 0 unspecified atom stereocenters. The van der Waals surface area contributed by atoms with Gasteiger partial charge in [0.15, 0.2) is 0 Å². The quantitative estimate of drug-likeness (QED) is 0.495. The Morgan fingerprint density at radius 2 is 1.50 bits per heavy atom. The first kappa shape index (κ1) is 22.1. The predicted octanol–water partition coefficient (Wildman–Crippen LogP) is 5.95. The molecule has 0 spiro atoms. The van der Waals surface area contributed by atoms with E-state index in [9.17, 15) is 14.7 Å². The van der Waals surface area contributed by atoms with Crippen LogP contribution in [0.15, 0.2) is 48.5 Å². The summed E-state index contributed by atoms with van der Waals surface area (Å²) in [7, 11) is 0. The molecule has 0 radical (unpaired) electrons. The molecule has 1 heterocycles. The first-order chi connectivity index (χ1) is 14.6. The maximum Gasteiger partial charge on any atom is 0.326 e. The maximum absolute atomic E-state index is 12.7. The SMILES string of the molecule is CCCCCCCCc1ccc(-c2ccc(C(=O)N3CCC[C@H]3C(=O)O)cc2)cc1. The van der Waals surface area contributed by atoms with Crippen LogP contribution in [0.5, 0.6) is 0 Å². The van der Waals surface area contributed by atoms with Crippen molar-refractivity contribution in [2.24, 2.45) is 0 Å². The number of amides is 1. The molecule has 2 aromatic rings. The van der Waals surface area contributed by atoms with Crippen LogP contribution in [0.25, 0.3) is 11.1 Å². The van der Waals surface area contributed by atoms with Gasteiger partial charge in [-0.05, 0) is 54.5 Å². The third-order valence-electron chi connectivity index (χ3n) is 6.04. The summed E-state index contributed by atoms with van der Waals surface area (Å²) in [4.78, 5) is 25.5. The molecule has 1 fully saturated rings. The average molecular weight is 408 g/mol. The summed E-state index contributed by atoms with van der Waals surface area (Å²) in [5, 5.41) is 9.30. The zero-order chi connectivity index (χ0) is 21.3. The smallest absolute Gasteiger partial charge is 0.326 e. The number of aliphatic carboxylic acids is 1. The number of carbonyl (C=O) groups excluding carboxylic acids is 1. The van der Waals surface area contributed by atoms with E-state index in [1.807, 2.05) is 12.1 Å². The number of hydrogen-bond donors (Lipinski definition) is 1. The Bertz CT molecular complexity index is 826. The molecule has 1 aliphatic rings. The predicted molar refractivity (Wildman–Crippen MR) is 121 cm³/mol. The lowest BCUT2D eigenvalue weighted by Gasteiger charge is -2.21. The van der Waals surface area contributed by atoms with Crippen molar-refractivity contribution in [3.05, 3.63) is 59.7 Å². The Balaban J connectivity index is 1.55. The summed E-state index contributed by atoms with van der Waals surface area (Å²) in [6.45, 7) is 2.76. The zero-order valence-corrected chi connectivity index (χ0v) is 18.0. The van der Waals surface area contributed by atoms with Crippen LogP contribution in [-0.2, 0) is 11.2 Å². The first-order valence-corrected chi connectivity index (χ1v) is 11.3. The number of hydrogen-bond acceptors (Lipinski definition) is 2. The van der Waals surface area contributed by atoms with Crippen molar-refractivity contribution < 1.29 is 14.7 Å². The fourth-order valence-corrected chi connectivity index (χ4v) is 4.21. The Morgan fingerprint density at radius 3 is 2.13 bits per heavy atom. The molecule has 1 amide bonds. The lowest BCUT2D eigenvalue weighted by Crippen LogP contribution is -2.40. The van der Waals surface area contributed by atoms with Crippen LogP contribution in [0.4, 0.5) is 0 Å². The van der Waals surface area contributed by atoms with Gasteiger partial charge in [-0.2, -0.15) is 0 Å². The number of benzene rings is 2. The molecule has 4 nitrogen and oxygen atoms in total. The lowest BCUT2D eigenvalue weighted by molar-refractivity contribution is -0.141. The van der Waals surface area contributed by atoms with Crippen LogP contribution in [0, 0.1) is 0 Å². The van der Waals surface area contributed by atoms with Crippen LogP contribution in [0.2, 0.25) is 0 Å². The van der Waals surface area contributed by atoms with Crippen molar-refractivity contribution in [3.8, 4) is 11.1 Å². The van der Waals surface area contributed by atoms with Crippen molar-refractivity contribution >= 4 is 11.9 Å². The molecule has 0 saturated carbocycles. The highest BCUT2D eigenvalue weighted by atomic mass is 16.4. The monoisotopic (exact) mass is 407 g/mol. The van der Waals surface area contributed by atoms with Crippen LogP contribution < -0.4 is 0 Å². The van der Waals surface area contributed by atoms with Gasteiger partial charge in [0, 0.05) is 12.1 Å². The molecule has 4 heteroatoms. The minimum atomic E-state index is -0.918. The molecule has 2 aromatic carbocycles. The number of carboxylic acid groups (broad SMARTS) is 1. The van der Waals surface area contributed by atoms with Gasteiger partial charge in [-0.15, -0.1) is 0 Å². The van der Waals surface area contributed by atoms with Crippen molar-refractivity contribution in [1.82, 2.24) is 4.90 Å². The van der Waals surface area contributed by atoms with Gasteiger partial charge in [0.05, 0.1) is 0 Å². The molecule has 0 aliphatic carbocycles. The largest absolute Gasteiger partial charge is 0.480 e. The highest BCUT2D eigenvalue weighted by molar-refractivity contribution is 5.97. The lowest BCUT2D eigenvalue weighted by atomic mass is 10.00. The van der Waals surface area contributed by atoms with Gasteiger partial charge in [-0.3, -0.25) is 4.79 Å². The highest BCUT2D eigenvalue weighted by Crippen LogP contribution is 2.24. The second-order valence-electron chi connectivity index (χ2n) is 8.29. The van der Waals surface area contributed by atoms with Gasteiger partial charge in [-0.25, -0.2) is 4.79 Å². The van der Waals surface area contributed by atoms with E-state index in [2.05, 4.69) is 31.2 Å². The number of carbonyl (C=O) groups is 2. The van der Waals surface area contributed by atoms with Gasteiger partial charge in [0.2, 0.25) is 0 Å². The van der Waals surface area contributed by atoms with Crippen molar-refractivity contribution in [3.63, 3.8) is 0 Å². The Morgan fingerprint density at radius 1 is 0.900 bits per heavy atom. The Labute approximate surface area is 179 Å². The normalized spacial score (nSPS) is 16.0. The first-order valence-electron chi connectivity index (χ1n) is 11.3. The number of rotatable bonds is 10. The van der Waals surface area contributed by atoms with Gasteiger partial charge in [0.1, 0.15) is 6.04 Å². The van der Waals surface area contributed by atoms with Crippen LogP contribution in [-0.4, -0.2) is 34.5 Å². The van der Waals surface area contributed by atoms with Gasteiger partial charge in [-0.1, -0.05) is 75.4 Å². The van der Waals surface area contributed by atoms with Crippen molar-refractivity contribution in [2.75, 3.05) is 6.54 Å². The number of aryl methyl sites for hydroxylation is 1. The average Bonchev–Trinajstić information content (AvgIpc) is 3.27. The van der Waals surface area contributed by atoms with E-state index in [1.54, 1.807) is 12.1 Å². The number of unbranched alkanes of at least 4 members (excludes halogenated alkanes) is 5. The standard InChI is InChI=1S/C26H33NO3/c1-2-3-4-5-6-7-9-20-11-13-21(14-12-20)22-15-17-23(18-16-22)25(28)27-19-8-10-24(27)26(29)30/h11-18,24H,2-10,19H2,1H3,(H,29,30)/t24-/m0/s1. The summed E-state index contributed by atoms with van der Waals surface area (Å²) in [5.41, 5.74) is 4.11. The highest BCUT2D eigenvalue weighted by Gasteiger charge is 2.34. The minimum Gasteiger partial charge on any atom is -0.480 e. The summed E-state index contributed by atoms with van der Waals surface area (Å²) in [5.74, 6) is -1.11. The van der Waals surface area contributed by atoms with Crippen LogP contribution in [0.1, 0.15) is 74.2 Å². The van der Waals surface area contributed by atoms with Crippen LogP contribution >= 0.6 is 0 Å². The summed E-state index contributed by atoms with van der Waals surface area (Å²) in [6.07, 6.45) is 10.3. The van der Waals surface area contributed by atoms with Crippen molar-refractivity contribution in [1.29, 1.82) is 0 Å². The summed E-state index contributed by atoms with van der Waals surface area (Å²) >= 11 is 0. The second kappa shape index (κ2) is 11.0. The van der Waals surface area contributed by atoms with E-state index in [0.717, 1.165) is 24.0 Å². The molecular formula is C26H33NO3. The molecular weight excluding hydrogens is 374 g/mol. The van der Waals surface area contributed by atoms with Crippen LogP contribution in [0.3, 0.4) is 0 Å². The second-order valence-corrected chi connectivity index (χ2v) is 8.29. The van der Waals surface area contributed by atoms with E-state index in [1.165, 1.54) is 49.0 Å². The van der Waals surface area contributed by atoms with Gasteiger partial charge < -0.3 is 10.0 Å². The topological polar surface area (TPSA) is 57.6 Å². The van der Waals surface area contributed by atoms with E-state index in [-0.39, 0.29) is 5.91 Å². The Kier molecular flexibility index (Phi) is 8.06. The fraction of sp³-hybridized carbons (Fsp3) is 0.462. The summed E-state index contributed by atoms with van der Waals surface area (Å²) < 4.78 is 0. The molecule has 160 valence electrons. The Hall–Kier alpha value is -2.62. The molecule has 0 bridgehead atoms. The van der Waals surface area contributed by atoms with E-state index in [4.69, 9.17) is 0 Å². The number of likely N-dealkylation sites (tertiary alicyclic amines) is 1. The molecule has 1 atom stereocenters. The van der Waals surface area contributed by atoms with Gasteiger partial charge in [0.25, 0.3) is 5.91 Å².